The van der Waals surface area contributed by atoms with Crippen LogP contribution in [0.15, 0.2) is 24.5 Å². The summed E-state index contributed by atoms with van der Waals surface area (Å²) in [6.45, 7) is 3.53. The number of anilines is 1. The molecule has 0 aromatic carbocycles. The van der Waals surface area contributed by atoms with Crippen molar-refractivity contribution in [2.24, 2.45) is 13.0 Å². The molecule has 2 N–H and O–H groups in total. The Morgan fingerprint density at radius 1 is 1.42 bits per heavy atom. The monoisotopic (exact) mass is 331 g/mol. The Morgan fingerprint density at radius 2 is 2.12 bits per heavy atom. The quantitative estimate of drug-likeness (QED) is 0.872. The molecule has 0 fully saturated rings. The van der Waals surface area contributed by atoms with Gasteiger partial charge in [0.2, 0.25) is 0 Å². The van der Waals surface area contributed by atoms with Gasteiger partial charge >= 0.3 is 12.0 Å². The van der Waals surface area contributed by atoms with Crippen molar-refractivity contribution in [3.8, 4) is 11.1 Å². The number of carbonyl (C=O) groups is 2. The number of urea groups is 1. The van der Waals surface area contributed by atoms with Gasteiger partial charge in [-0.2, -0.15) is 5.10 Å². The standard InChI is InChI=1S/C16H21N5O3/c1-10(15(22)23)8-20(3)16(24)19-14-6-5-13(11(2)18-14)12-7-17-21(4)9-12/h5-7,9-10H,8H2,1-4H3,(H,22,23)(H,18,19,24). The van der Waals surface area contributed by atoms with E-state index in [0.717, 1.165) is 16.8 Å². The molecule has 0 aliphatic rings. The molecule has 1 atom stereocenters. The van der Waals surface area contributed by atoms with Gasteiger partial charge in [0.1, 0.15) is 5.82 Å². The molecule has 1 unspecified atom stereocenters. The van der Waals surface area contributed by atoms with Gasteiger partial charge in [-0.25, -0.2) is 9.78 Å². The number of nitrogens with one attached hydrogen (secondary N) is 1. The first-order valence-electron chi connectivity index (χ1n) is 7.49. The molecule has 0 aliphatic carbocycles. The molecule has 2 rings (SSSR count). The van der Waals surface area contributed by atoms with E-state index in [0.29, 0.717) is 5.82 Å². The molecule has 0 saturated heterocycles. The molecule has 8 heteroatoms. The third-order valence-electron chi connectivity index (χ3n) is 3.65. The van der Waals surface area contributed by atoms with Crippen LogP contribution in [0, 0.1) is 12.8 Å². The Morgan fingerprint density at radius 3 is 2.67 bits per heavy atom. The third kappa shape index (κ3) is 4.09. The molecule has 128 valence electrons. The van der Waals surface area contributed by atoms with Crippen LogP contribution in [0.2, 0.25) is 0 Å². The zero-order valence-electron chi connectivity index (χ0n) is 14.1. The molecule has 0 spiro atoms. The summed E-state index contributed by atoms with van der Waals surface area (Å²) in [6.07, 6.45) is 3.65. The number of rotatable bonds is 5. The van der Waals surface area contributed by atoms with E-state index in [9.17, 15) is 9.59 Å². The van der Waals surface area contributed by atoms with E-state index in [4.69, 9.17) is 5.11 Å². The Labute approximate surface area is 140 Å². The number of hydrogen-bond acceptors (Lipinski definition) is 4. The summed E-state index contributed by atoms with van der Waals surface area (Å²) in [6, 6.07) is 3.18. The number of hydrogen-bond donors (Lipinski definition) is 2. The van der Waals surface area contributed by atoms with Crippen molar-refractivity contribution in [1.29, 1.82) is 0 Å². The number of carboxylic acids is 1. The topological polar surface area (TPSA) is 100 Å². The average Bonchev–Trinajstić information content (AvgIpc) is 2.93. The van der Waals surface area contributed by atoms with Crippen LogP contribution in [0.3, 0.4) is 0 Å². The lowest BCUT2D eigenvalue weighted by Gasteiger charge is -2.20. The molecular weight excluding hydrogens is 310 g/mol. The molecule has 2 aromatic rings. The predicted octanol–water partition coefficient (Wildman–Crippen LogP) is 1.97. The van der Waals surface area contributed by atoms with Gasteiger partial charge in [-0.05, 0) is 19.1 Å². The minimum absolute atomic E-state index is 0.119. The fraction of sp³-hybridized carbons (Fsp3) is 0.375. The van der Waals surface area contributed by atoms with Gasteiger partial charge in [-0.3, -0.25) is 14.8 Å². The zero-order valence-corrected chi connectivity index (χ0v) is 14.1. The zero-order chi connectivity index (χ0) is 17.9. The summed E-state index contributed by atoms with van der Waals surface area (Å²) in [5.41, 5.74) is 2.66. The fourth-order valence-electron chi connectivity index (χ4n) is 2.27. The van der Waals surface area contributed by atoms with Gasteiger partial charge in [-0.1, -0.05) is 6.92 Å². The van der Waals surface area contributed by atoms with Crippen LogP contribution in [0.5, 0.6) is 0 Å². The number of nitrogens with zero attached hydrogens (tertiary/aromatic N) is 4. The molecule has 2 aromatic heterocycles. The highest BCUT2D eigenvalue weighted by atomic mass is 16.4. The van der Waals surface area contributed by atoms with Crippen molar-refractivity contribution < 1.29 is 14.7 Å². The Balaban J connectivity index is 2.06. The molecule has 24 heavy (non-hydrogen) atoms. The highest BCUT2D eigenvalue weighted by molar-refractivity contribution is 5.88. The van der Waals surface area contributed by atoms with Crippen molar-refractivity contribution in [3.05, 3.63) is 30.2 Å². The summed E-state index contributed by atoms with van der Waals surface area (Å²) in [5.74, 6) is -1.16. The fourth-order valence-corrected chi connectivity index (χ4v) is 2.27. The summed E-state index contributed by atoms with van der Waals surface area (Å²) in [4.78, 5) is 28.7. The van der Waals surface area contributed by atoms with Crippen LogP contribution >= 0.6 is 0 Å². The Hall–Kier alpha value is -2.90. The molecule has 2 heterocycles. The van der Waals surface area contributed by atoms with Crippen LogP contribution in [0.25, 0.3) is 11.1 Å². The predicted molar refractivity (Wildman–Crippen MR) is 89.6 cm³/mol. The first-order valence-corrected chi connectivity index (χ1v) is 7.49. The molecule has 2 amide bonds. The van der Waals surface area contributed by atoms with Gasteiger partial charge in [-0.15, -0.1) is 0 Å². The second kappa shape index (κ2) is 7.12. The first kappa shape index (κ1) is 17.5. The van der Waals surface area contributed by atoms with Crippen LogP contribution in [0.4, 0.5) is 10.6 Å². The van der Waals surface area contributed by atoms with E-state index in [1.807, 2.05) is 26.2 Å². The minimum Gasteiger partial charge on any atom is -0.481 e. The van der Waals surface area contributed by atoms with Gasteiger partial charge in [0.05, 0.1) is 12.1 Å². The van der Waals surface area contributed by atoms with Gasteiger partial charge in [0.25, 0.3) is 0 Å². The summed E-state index contributed by atoms with van der Waals surface area (Å²) in [5, 5.41) is 15.7. The molecule has 0 radical (unpaired) electrons. The first-order chi connectivity index (χ1) is 11.3. The maximum atomic E-state index is 12.1. The number of carboxylic acid groups (broad SMARTS) is 1. The van der Waals surface area contributed by atoms with Crippen molar-refractivity contribution in [2.75, 3.05) is 18.9 Å². The lowest BCUT2D eigenvalue weighted by molar-refractivity contribution is -0.141. The van der Waals surface area contributed by atoms with Crippen LogP contribution < -0.4 is 5.32 Å². The second-order valence-electron chi connectivity index (χ2n) is 5.78. The third-order valence-corrected chi connectivity index (χ3v) is 3.65. The lowest BCUT2D eigenvalue weighted by Crippen LogP contribution is -2.36. The van der Waals surface area contributed by atoms with E-state index in [1.165, 1.54) is 4.90 Å². The normalized spacial score (nSPS) is 11.8. The second-order valence-corrected chi connectivity index (χ2v) is 5.78. The van der Waals surface area contributed by atoms with Crippen LogP contribution in [0.1, 0.15) is 12.6 Å². The van der Waals surface area contributed by atoms with E-state index in [-0.39, 0.29) is 6.54 Å². The number of aryl methyl sites for hydroxylation is 2. The van der Waals surface area contributed by atoms with Gasteiger partial charge in [0, 0.05) is 43.7 Å². The summed E-state index contributed by atoms with van der Waals surface area (Å²) in [7, 11) is 3.39. The maximum Gasteiger partial charge on any atom is 0.322 e. The maximum absolute atomic E-state index is 12.1. The number of pyridine rings is 1. The molecule has 0 aliphatic heterocycles. The van der Waals surface area contributed by atoms with Gasteiger partial charge in [0.15, 0.2) is 0 Å². The SMILES string of the molecule is Cc1nc(NC(=O)N(C)CC(C)C(=O)O)ccc1-c1cnn(C)c1. The minimum atomic E-state index is -0.940. The molecule has 0 bridgehead atoms. The number of amides is 2. The number of aliphatic carboxylic acids is 1. The van der Waals surface area contributed by atoms with Crippen LogP contribution in [-0.4, -0.2) is 50.4 Å². The highest BCUT2D eigenvalue weighted by Gasteiger charge is 2.18. The average molecular weight is 331 g/mol. The molecular formula is C16H21N5O3. The number of carbonyl (C=O) groups excluding carboxylic acids is 1. The van der Waals surface area contributed by atoms with Crippen LogP contribution in [-0.2, 0) is 11.8 Å². The number of aromatic nitrogens is 3. The van der Waals surface area contributed by atoms with E-state index >= 15 is 0 Å². The molecule has 8 nitrogen and oxygen atoms in total. The summed E-state index contributed by atoms with van der Waals surface area (Å²) >= 11 is 0. The van der Waals surface area contributed by atoms with E-state index in [1.54, 1.807) is 30.9 Å². The lowest BCUT2D eigenvalue weighted by atomic mass is 10.1. The van der Waals surface area contributed by atoms with E-state index in [2.05, 4.69) is 15.4 Å². The molecule has 0 saturated carbocycles. The Bertz CT molecular complexity index is 756. The summed E-state index contributed by atoms with van der Waals surface area (Å²) < 4.78 is 1.71. The van der Waals surface area contributed by atoms with Crippen molar-refractivity contribution >= 4 is 17.8 Å². The smallest absolute Gasteiger partial charge is 0.322 e. The Kier molecular flexibility index (Phi) is 5.18. The van der Waals surface area contributed by atoms with Gasteiger partial charge < -0.3 is 10.0 Å². The van der Waals surface area contributed by atoms with E-state index < -0.39 is 17.9 Å². The van der Waals surface area contributed by atoms with Crippen molar-refractivity contribution in [1.82, 2.24) is 19.7 Å². The highest BCUT2D eigenvalue weighted by Crippen LogP contribution is 2.23. The van der Waals surface area contributed by atoms with Crippen molar-refractivity contribution in [3.63, 3.8) is 0 Å². The largest absolute Gasteiger partial charge is 0.481 e. The van der Waals surface area contributed by atoms with Crippen molar-refractivity contribution in [2.45, 2.75) is 13.8 Å².